The van der Waals surface area contributed by atoms with Crippen LogP contribution < -0.4 is 16.0 Å². The van der Waals surface area contributed by atoms with Crippen LogP contribution in [0.4, 0.5) is 21.0 Å². The highest BCUT2D eigenvalue weighted by Crippen LogP contribution is 2.14. The van der Waals surface area contributed by atoms with Crippen molar-refractivity contribution in [1.82, 2.24) is 10.2 Å². The number of amides is 4. The summed E-state index contributed by atoms with van der Waals surface area (Å²) in [6, 6.07) is 16.8. The summed E-state index contributed by atoms with van der Waals surface area (Å²) in [5.74, 6) is 0. The van der Waals surface area contributed by atoms with Crippen LogP contribution in [0, 0.1) is 6.92 Å². The summed E-state index contributed by atoms with van der Waals surface area (Å²) in [6.07, 6.45) is 1.48. The molecule has 6 heteroatoms. The minimum absolute atomic E-state index is 0.0714. The SMILES string of the molecule is Cc1ccc(NC(=O)N2CCC(NC(=O)Nc3ccccc3)CC2)cc1. The molecule has 1 heterocycles. The van der Waals surface area contributed by atoms with Gasteiger partial charge >= 0.3 is 12.1 Å². The summed E-state index contributed by atoms with van der Waals surface area (Å²) in [6.45, 7) is 3.25. The van der Waals surface area contributed by atoms with Gasteiger partial charge in [-0.1, -0.05) is 35.9 Å². The fraction of sp³-hybridized carbons (Fsp3) is 0.300. The van der Waals surface area contributed by atoms with Gasteiger partial charge in [0.2, 0.25) is 0 Å². The van der Waals surface area contributed by atoms with E-state index in [1.807, 2.05) is 61.5 Å². The van der Waals surface area contributed by atoms with Crippen LogP contribution in [0.15, 0.2) is 54.6 Å². The van der Waals surface area contributed by atoms with Crippen molar-refractivity contribution in [3.63, 3.8) is 0 Å². The van der Waals surface area contributed by atoms with E-state index < -0.39 is 0 Å². The van der Waals surface area contributed by atoms with Crippen molar-refractivity contribution in [3.05, 3.63) is 60.2 Å². The van der Waals surface area contributed by atoms with Crippen LogP contribution >= 0.6 is 0 Å². The summed E-state index contributed by atoms with van der Waals surface area (Å²) >= 11 is 0. The van der Waals surface area contributed by atoms with Crippen LogP contribution in [-0.4, -0.2) is 36.1 Å². The van der Waals surface area contributed by atoms with Crippen molar-refractivity contribution < 1.29 is 9.59 Å². The fourth-order valence-electron chi connectivity index (χ4n) is 2.94. The molecule has 1 aliphatic heterocycles. The molecule has 0 unspecified atom stereocenters. The summed E-state index contributed by atoms with van der Waals surface area (Å²) in [5, 5.41) is 8.71. The van der Waals surface area contributed by atoms with Crippen molar-refractivity contribution in [1.29, 1.82) is 0 Å². The molecule has 0 atom stereocenters. The highest BCUT2D eigenvalue weighted by molar-refractivity contribution is 5.90. The van der Waals surface area contributed by atoms with Gasteiger partial charge in [0, 0.05) is 30.5 Å². The van der Waals surface area contributed by atoms with E-state index in [0.717, 1.165) is 29.8 Å². The van der Waals surface area contributed by atoms with Gasteiger partial charge in [0.15, 0.2) is 0 Å². The first-order valence-electron chi connectivity index (χ1n) is 8.85. The van der Waals surface area contributed by atoms with Crippen LogP contribution in [0.1, 0.15) is 18.4 Å². The molecule has 0 aliphatic carbocycles. The van der Waals surface area contributed by atoms with E-state index in [1.54, 1.807) is 4.90 Å². The number of piperidine rings is 1. The number of carbonyl (C=O) groups is 2. The number of nitrogens with zero attached hydrogens (tertiary/aromatic N) is 1. The molecule has 0 spiro atoms. The largest absolute Gasteiger partial charge is 0.335 e. The molecular formula is C20H24N4O2. The molecule has 0 radical (unpaired) electrons. The van der Waals surface area contributed by atoms with Gasteiger partial charge in [-0.15, -0.1) is 0 Å². The first kappa shape index (κ1) is 17.8. The quantitative estimate of drug-likeness (QED) is 0.786. The average molecular weight is 352 g/mol. The summed E-state index contributed by atoms with van der Waals surface area (Å²) in [5.41, 5.74) is 2.71. The van der Waals surface area contributed by atoms with E-state index in [1.165, 1.54) is 0 Å². The maximum Gasteiger partial charge on any atom is 0.321 e. The Morgan fingerprint density at radius 2 is 1.50 bits per heavy atom. The highest BCUT2D eigenvalue weighted by atomic mass is 16.2. The second-order valence-corrected chi connectivity index (χ2v) is 6.52. The molecule has 26 heavy (non-hydrogen) atoms. The summed E-state index contributed by atoms with van der Waals surface area (Å²) in [4.78, 5) is 26.2. The number of aryl methyl sites for hydroxylation is 1. The molecular weight excluding hydrogens is 328 g/mol. The lowest BCUT2D eigenvalue weighted by molar-refractivity contribution is 0.189. The third-order valence-corrected chi connectivity index (χ3v) is 4.45. The average Bonchev–Trinajstić information content (AvgIpc) is 2.65. The van der Waals surface area contributed by atoms with Crippen LogP contribution in [0.2, 0.25) is 0 Å². The van der Waals surface area contributed by atoms with E-state index in [0.29, 0.717) is 13.1 Å². The number of urea groups is 2. The van der Waals surface area contributed by atoms with Crippen molar-refractivity contribution in [2.75, 3.05) is 23.7 Å². The number of hydrogen-bond donors (Lipinski definition) is 3. The Morgan fingerprint density at radius 1 is 0.885 bits per heavy atom. The van der Waals surface area contributed by atoms with Crippen molar-refractivity contribution in [2.45, 2.75) is 25.8 Å². The second kappa shape index (κ2) is 8.38. The first-order chi connectivity index (χ1) is 12.6. The van der Waals surface area contributed by atoms with Gasteiger partial charge < -0.3 is 20.9 Å². The number of carbonyl (C=O) groups excluding carboxylic acids is 2. The summed E-state index contributed by atoms with van der Waals surface area (Å²) < 4.78 is 0. The van der Waals surface area contributed by atoms with E-state index in [4.69, 9.17) is 0 Å². The zero-order valence-electron chi connectivity index (χ0n) is 14.9. The highest BCUT2D eigenvalue weighted by Gasteiger charge is 2.23. The Kier molecular flexibility index (Phi) is 5.73. The summed E-state index contributed by atoms with van der Waals surface area (Å²) in [7, 11) is 0. The smallest absolute Gasteiger partial charge is 0.321 e. The first-order valence-corrected chi connectivity index (χ1v) is 8.85. The predicted octanol–water partition coefficient (Wildman–Crippen LogP) is 3.81. The minimum Gasteiger partial charge on any atom is -0.335 e. The lowest BCUT2D eigenvalue weighted by Crippen LogP contribution is -2.48. The molecule has 1 fully saturated rings. The van der Waals surface area contributed by atoms with Crippen LogP contribution in [0.25, 0.3) is 0 Å². The Bertz CT molecular complexity index is 738. The molecule has 4 amide bonds. The van der Waals surface area contributed by atoms with Crippen molar-refractivity contribution in [3.8, 4) is 0 Å². The van der Waals surface area contributed by atoms with Gasteiger partial charge in [0.25, 0.3) is 0 Å². The van der Waals surface area contributed by atoms with Gasteiger partial charge in [-0.05, 0) is 44.0 Å². The van der Waals surface area contributed by atoms with Crippen LogP contribution in [0.3, 0.4) is 0 Å². The van der Waals surface area contributed by atoms with Crippen molar-refractivity contribution in [2.24, 2.45) is 0 Å². The fourth-order valence-corrected chi connectivity index (χ4v) is 2.94. The normalized spacial score (nSPS) is 14.6. The van der Waals surface area contributed by atoms with E-state index >= 15 is 0 Å². The molecule has 6 nitrogen and oxygen atoms in total. The zero-order valence-corrected chi connectivity index (χ0v) is 14.9. The number of anilines is 2. The number of benzene rings is 2. The number of rotatable bonds is 3. The molecule has 2 aromatic carbocycles. The molecule has 136 valence electrons. The van der Waals surface area contributed by atoms with Gasteiger partial charge in [-0.25, -0.2) is 9.59 Å². The van der Waals surface area contributed by atoms with Gasteiger partial charge in [0.05, 0.1) is 0 Å². The van der Waals surface area contributed by atoms with Crippen LogP contribution in [0.5, 0.6) is 0 Å². The molecule has 3 rings (SSSR count). The van der Waals surface area contributed by atoms with Gasteiger partial charge in [-0.3, -0.25) is 0 Å². The van der Waals surface area contributed by atoms with E-state index in [2.05, 4.69) is 16.0 Å². The Labute approximate surface area is 153 Å². The number of nitrogens with one attached hydrogen (secondary N) is 3. The van der Waals surface area contributed by atoms with Gasteiger partial charge in [-0.2, -0.15) is 0 Å². The number of likely N-dealkylation sites (tertiary alicyclic amines) is 1. The van der Waals surface area contributed by atoms with E-state index in [9.17, 15) is 9.59 Å². The number of para-hydroxylation sites is 1. The van der Waals surface area contributed by atoms with Gasteiger partial charge in [0.1, 0.15) is 0 Å². The predicted molar refractivity (Wildman–Crippen MR) is 103 cm³/mol. The Morgan fingerprint density at radius 3 is 2.15 bits per heavy atom. The number of hydrogen-bond acceptors (Lipinski definition) is 2. The Hall–Kier alpha value is -3.02. The van der Waals surface area contributed by atoms with Crippen molar-refractivity contribution >= 4 is 23.4 Å². The molecule has 0 aromatic heterocycles. The maximum absolute atomic E-state index is 12.3. The lowest BCUT2D eigenvalue weighted by atomic mass is 10.1. The zero-order chi connectivity index (χ0) is 18.4. The van der Waals surface area contributed by atoms with Crippen LogP contribution in [-0.2, 0) is 0 Å². The molecule has 3 N–H and O–H groups in total. The molecule has 0 bridgehead atoms. The second-order valence-electron chi connectivity index (χ2n) is 6.52. The Balaban J connectivity index is 1.42. The maximum atomic E-state index is 12.3. The molecule has 0 saturated carbocycles. The molecule has 1 saturated heterocycles. The topological polar surface area (TPSA) is 73.5 Å². The minimum atomic E-state index is -0.209. The monoisotopic (exact) mass is 352 g/mol. The van der Waals surface area contributed by atoms with E-state index in [-0.39, 0.29) is 18.1 Å². The third-order valence-electron chi connectivity index (χ3n) is 4.45. The molecule has 1 aliphatic rings. The third kappa shape index (κ3) is 4.99. The standard InChI is InChI=1S/C20H24N4O2/c1-15-7-9-17(10-8-15)23-20(26)24-13-11-18(12-14-24)22-19(25)21-16-5-3-2-4-6-16/h2-10,18H,11-14H2,1H3,(H,23,26)(H2,21,22,25). The lowest BCUT2D eigenvalue weighted by Gasteiger charge is -2.32. The molecule has 2 aromatic rings.